The molecule has 0 aliphatic heterocycles. The zero-order valence-corrected chi connectivity index (χ0v) is 13.2. The van der Waals surface area contributed by atoms with Crippen LogP contribution in [-0.4, -0.2) is 51.8 Å². The van der Waals surface area contributed by atoms with Gasteiger partial charge in [0, 0.05) is 12.8 Å². The van der Waals surface area contributed by atoms with E-state index < -0.39 is 35.3 Å². The van der Waals surface area contributed by atoms with Crippen LogP contribution in [0.25, 0.3) is 0 Å². The second-order valence-electron chi connectivity index (χ2n) is 5.87. The molecule has 0 aromatic carbocycles. The minimum absolute atomic E-state index is 0.209. The first-order valence-electron chi connectivity index (χ1n) is 6.68. The summed E-state index contributed by atoms with van der Waals surface area (Å²) < 4.78 is 11.1. The maximum absolute atomic E-state index is 11.4. The lowest BCUT2D eigenvalue weighted by molar-refractivity contribution is -0.128. The van der Waals surface area contributed by atoms with E-state index in [0.29, 0.717) is 6.42 Å². The molecule has 2 N–H and O–H groups in total. The molecule has 4 atom stereocenters. The number of hydrogen-bond acceptors (Lipinski definition) is 6. The van der Waals surface area contributed by atoms with E-state index in [9.17, 15) is 15.0 Å². The zero-order valence-electron chi connectivity index (χ0n) is 12.4. The van der Waals surface area contributed by atoms with Crippen molar-refractivity contribution in [1.82, 2.24) is 0 Å². The third kappa shape index (κ3) is 6.26. The van der Waals surface area contributed by atoms with Crippen LogP contribution in [0, 0.1) is 0 Å². The average molecular weight is 304 g/mol. The maximum Gasteiger partial charge on any atom is 0.367 e. The molecule has 0 fully saturated rings. The van der Waals surface area contributed by atoms with Crippen LogP contribution in [0.15, 0.2) is 12.2 Å². The predicted octanol–water partition coefficient (Wildman–Crippen LogP) is 2.11. The van der Waals surface area contributed by atoms with Crippen molar-refractivity contribution in [3.05, 3.63) is 12.2 Å². The van der Waals surface area contributed by atoms with Gasteiger partial charge in [0.15, 0.2) is 0 Å². The Hall–Kier alpha value is -0.560. The molecule has 4 unspecified atom stereocenters. The second-order valence-corrected chi connectivity index (χ2v) is 6.61. The van der Waals surface area contributed by atoms with Crippen molar-refractivity contribution in [3.63, 3.8) is 0 Å². The Kier molecular flexibility index (Phi) is 6.51. The number of ether oxygens (including phenoxy) is 2. The highest BCUT2D eigenvalue weighted by molar-refractivity contribution is 8.12. The molecule has 1 aliphatic rings. The van der Waals surface area contributed by atoms with Gasteiger partial charge in [-0.15, -0.1) is 0 Å². The van der Waals surface area contributed by atoms with E-state index >= 15 is 0 Å². The predicted molar refractivity (Wildman–Crippen MR) is 78.8 cm³/mol. The summed E-state index contributed by atoms with van der Waals surface area (Å²) >= 11 is 0.986. The lowest BCUT2D eigenvalue weighted by atomic mass is 9.96. The molecule has 1 aliphatic carbocycles. The van der Waals surface area contributed by atoms with Gasteiger partial charge in [-0.25, -0.2) is 4.79 Å². The molecule has 6 heteroatoms. The first-order valence-corrected chi connectivity index (χ1v) is 7.90. The topological polar surface area (TPSA) is 76.0 Å². The molecule has 0 aromatic rings. The van der Waals surface area contributed by atoms with Gasteiger partial charge in [-0.1, -0.05) is 6.08 Å². The maximum atomic E-state index is 11.4. The van der Waals surface area contributed by atoms with Crippen molar-refractivity contribution in [1.29, 1.82) is 0 Å². The quantitative estimate of drug-likeness (QED) is 0.601. The van der Waals surface area contributed by atoms with Gasteiger partial charge in [0.25, 0.3) is 0 Å². The van der Waals surface area contributed by atoms with Gasteiger partial charge in [-0.2, -0.15) is 0 Å². The number of carbonyl (C=O) groups is 1. The van der Waals surface area contributed by atoms with E-state index in [1.807, 2.05) is 20.8 Å². The minimum Gasteiger partial charge on any atom is -0.450 e. The lowest BCUT2D eigenvalue weighted by Crippen LogP contribution is -2.41. The van der Waals surface area contributed by atoms with Crippen LogP contribution in [-0.2, 0) is 9.47 Å². The van der Waals surface area contributed by atoms with Crippen LogP contribution >= 0.6 is 11.8 Å². The van der Waals surface area contributed by atoms with Gasteiger partial charge in [-0.05, 0) is 44.9 Å². The normalized spacial score (nSPS) is 33.1. The number of carbonyl (C=O) groups excluding carboxylic acids is 1. The van der Waals surface area contributed by atoms with Crippen LogP contribution in [0.1, 0.15) is 33.6 Å². The molecular weight excluding hydrogens is 280 g/mol. The van der Waals surface area contributed by atoms with Gasteiger partial charge in [0.05, 0.1) is 23.9 Å². The fourth-order valence-corrected chi connectivity index (χ4v) is 2.25. The Bertz CT molecular complexity index is 350. The highest BCUT2D eigenvalue weighted by Crippen LogP contribution is 2.24. The van der Waals surface area contributed by atoms with Gasteiger partial charge < -0.3 is 19.7 Å². The summed E-state index contributed by atoms with van der Waals surface area (Å²) in [6.45, 7) is 5.69. The van der Waals surface area contributed by atoms with Crippen LogP contribution < -0.4 is 0 Å². The standard InChI is InChI=1S/C14H24O5S/c1-14(2,3)19-12-8-10(18-13(17)20-4)6-5-9(15)7-11(12)16/h5-6,9-12,15-16H,7-8H2,1-4H3/b6-5+. The Morgan fingerprint density at radius 2 is 1.90 bits per heavy atom. The molecule has 0 heterocycles. The van der Waals surface area contributed by atoms with Crippen LogP contribution in [0.4, 0.5) is 4.79 Å². The SMILES string of the molecule is CSC(=O)OC1/C=C/C(O)CC(O)C(OC(C)(C)C)C1. The molecular formula is C14H24O5S. The van der Waals surface area contributed by atoms with Crippen molar-refractivity contribution in [3.8, 4) is 0 Å². The highest BCUT2D eigenvalue weighted by atomic mass is 32.2. The molecule has 0 aromatic heterocycles. The zero-order chi connectivity index (χ0) is 15.3. The molecule has 0 amide bonds. The summed E-state index contributed by atoms with van der Waals surface area (Å²) in [6.07, 6.45) is 2.85. The van der Waals surface area contributed by atoms with E-state index in [4.69, 9.17) is 9.47 Å². The number of rotatable bonds is 2. The van der Waals surface area contributed by atoms with Gasteiger partial charge >= 0.3 is 5.30 Å². The monoisotopic (exact) mass is 304 g/mol. The molecule has 0 saturated carbocycles. The molecule has 0 spiro atoms. The van der Waals surface area contributed by atoms with E-state index in [-0.39, 0.29) is 6.42 Å². The van der Waals surface area contributed by atoms with Crippen molar-refractivity contribution < 1.29 is 24.5 Å². The molecule has 116 valence electrons. The fourth-order valence-electron chi connectivity index (χ4n) is 2.03. The first-order chi connectivity index (χ1) is 9.21. The molecule has 0 bridgehead atoms. The fraction of sp³-hybridized carbons (Fsp3) is 0.786. The summed E-state index contributed by atoms with van der Waals surface area (Å²) in [7, 11) is 0. The van der Waals surface area contributed by atoms with E-state index in [1.54, 1.807) is 18.4 Å². The Balaban J connectivity index is 2.82. The smallest absolute Gasteiger partial charge is 0.367 e. The number of aliphatic hydroxyl groups excluding tert-OH is 2. The molecule has 0 radical (unpaired) electrons. The van der Waals surface area contributed by atoms with Crippen LogP contribution in [0.5, 0.6) is 0 Å². The van der Waals surface area contributed by atoms with E-state index in [1.165, 1.54) is 0 Å². The van der Waals surface area contributed by atoms with E-state index in [2.05, 4.69) is 0 Å². The average Bonchev–Trinajstić information content (AvgIpc) is 2.31. The lowest BCUT2D eigenvalue weighted by Gasteiger charge is -2.34. The summed E-state index contributed by atoms with van der Waals surface area (Å²) in [4.78, 5) is 11.4. The number of aliphatic hydroxyl groups is 2. The van der Waals surface area contributed by atoms with Gasteiger partial charge in [0.2, 0.25) is 0 Å². The Labute approximate surface area is 124 Å². The minimum atomic E-state index is -0.801. The van der Waals surface area contributed by atoms with Gasteiger partial charge in [0.1, 0.15) is 6.10 Å². The Morgan fingerprint density at radius 3 is 2.45 bits per heavy atom. The second kappa shape index (κ2) is 7.45. The summed E-state index contributed by atoms with van der Waals surface area (Å²) in [5.41, 5.74) is -0.423. The third-order valence-corrected chi connectivity index (χ3v) is 3.27. The molecule has 0 saturated heterocycles. The van der Waals surface area contributed by atoms with Crippen molar-refractivity contribution in [2.24, 2.45) is 0 Å². The molecule has 5 nitrogen and oxygen atoms in total. The summed E-state index contributed by atoms with van der Waals surface area (Å²) in [5.74, 6) is 0. The van der Waals surface area contributed by atoms with Crippen LogP contribution in [0.2, 0.25) is 0 Å². The van der Waals surface area contributed by atoms with Crippen molar-refractivity contribution in [2.45, 2.75) is 63.6 Å². The molecule has 1 rings (SSSR count). The van der Waals surface area contributed by atoms with E-state index in [0.717, 1.165) is 11.8 Å². The number of thioether (sulfide) groups is 1. The van der Waals surface area contributed by atoms with Crippen molar-refractivity contribution in [2.75, 3.05) is 6.26 Å². The Morgan fingerprint density at radius 1 is 1.25 bits per heavy atom. The van der Waals surface area contributed by atoms with Gasteiger partial charge in [-0.3, -0.25) is 0 Å². The highest BCUT2D eigenvalue weighted by Gasteiger charge is 2.31. The summed E-state index contributed by atoms with van der Waals surface area (Å²) in [6, 6.07) is 0. The van der Waals surface area contributed by atoms with Crippen LogP contribution in [0.3, 0.4) is 0 Å². The largest absolute Gasteiger partial charge is 0.450 e. The first kappa shape index (κ1) is 17.5. The molecule has 20 heavy (non-hydrogen) atoms. The third-order valence-electron chi connectivity index (χ3n) is 2.84. The summed E-state index contributed by atoms with van der Waals surface area (Å²) in [5, 5.41) is 19.5. The van der Waals surface area contributed by atoms with Crippen molar-refractivity contribution >= 4 is 17.1 Å². The number of hydrogen-bond donors (Lipinski definition) is 2.